The largest absolute Gasteiger partial charge is 0.497 e. The van der Waals surface area contributed by atoms with Gasteiger partial charge in [-0.25, -0.2) is 9.79 Å². The number of allylic oxidation sites excluding steroid dienone is 1. The van der Waals surface area contributed by atoms with Crippen LogP contribution >= 0.6 is 11.8 Å². The second-order valence-corrected chi connectivity index (χ2v) is 10.4. The fourth-order valence-electron chi connectivity index (χ4n) is 5.07. The van der Waals surface area contributed by atoms with Gasteiger partial charge >= 0.3 is 11.9 Å². The second kappa shape index (κ2) is 13.1. The number of thioether (sulfide) groups is 1. The highest BCUT2D eigenvalue weighted by Crippen LogP contribution is 2.46. The number of fused-ring (bicyclic) bond motifs is 1. The molecule has 10 nitrogen and oxygen atoms in total. The number of aliphatic imine (C=N–C) groups is 1. The van der Waals surface area contributed by atoms with E-state index >= 15 is 0 Å². The maximum absolute atomic E-state index is 13.5. The Morgan fingerprint density at radius 1 is 1.15 bits per heavy atom. The van der Waals surface area contributed by atoms with Crippen LogP contribution < -0.4 is 9.47 Å². The van der Waals surface area contributed by atoms with Crippen molar-refractivity contribution in [2.45, 2.75) is 39.2 Å². The third-order valence-electron chi connectivity index (χ3n) is 6.97. The Morgan fingerprint density at radius 2 is 1.88 bits per heavy atom. The van der Waals surface area contributed by atoms with Crippen molar-refractivity contribution < 1.29 is 33.3 Å². The van der Waals surface area contributed by atoms with Gasteiger partial charge in [0.25, 0.3) is 0 Å². The predicted molar refractivity (Wildman–Crippen MR) is 152 cm³/mol. The topological polar surface area (TPSA) is 107 Å². The van der Waals surface area contributed by atoms with Gasteiger partial charge in [0.05, 0.1) is 50.5 Å². The molecule has 11 heteroatoms. The first-order valence-corrected chi connectivity index (χ1v) is 14.1. The normalized spacial score (nSPS) is 20.3. The zero-order valence-corrected chi connectivity index (χ0v) is 24.1. The summed E-state index contributed by atoms with van der Waals surface area (Å²) in [6, 6.07) is 4.78. The average Bonchev–Trinajstić information content (AvgIpc) is 3.36. The van der Waals surface area contributed by atoms with E-state index in [1.54, 1.807) is 39.0 Å². The Labute approximate surface area is 238 Å². The lowest BCUT2D eigenvalue weighted by Crippen LogP contribution is -2.44. The molecular formula is C29H35N3O7S. The van der Waals surface area contributed by atoms with Gasteiger partial charge in [-0.15, -0.1) is 0 Å². The highest BCUT2D eigenvalue weighted by molar-refractivity contribution is 8.16. The summed E-state index contributed by atoms with van der Waals surface area (Å²) >= 11 is 1.39. The minimum atomic E-state index is -0.642. The predicted octanol–water partition coefficient (Wildman–Crippen LogP) is 4.20. The van der Waals surface area contributed by atoms with Crippen LogP contribution in [0.2, 0.25) is 0 Å². The molecule has 0 radical (unpaired) electrons. The number of carbonyl (C=O) groups excluding carboxylic acids is 3. The molecule has 1 saturated heterocycles. The molecule has 0 unspecified atom stereocenters. The Kier molecular flexibility index (Phi) is 9.57. The van der Waals surface area contributed by atoms with Crippen LogP contribution in [0.1, 0.15) is 44.7 Å². The van der Waals surface area contributed by atoms with Gasteiger partial charge in [0, 0.05) is 24.9 Å². The lowest BCUT2D eigenvalue weighted by Gasteiger charge is -2.37. The van der Waals surface area contributed by atoms with Crippen LogP contribution in [0.3, 0.4) is 0 Å². The van der Waals surface area contributed by atoms with Crippen molar-refractivity contribution in [3.05, 3.63) is 58.8 Å². The van der Waals surface area contributed by atoms with E-state index in [0.717, 1.165) is 12.0 Å². The molecule has 3 aliphatic rings. The molecule has 0 bridgehead atoms. The van der Waals surface area contributed by atoms with Crippen LogP contribution in [0, 0.1) is 5.92 Å². The van der Waals surface area contributed by atoms with Crippen molar-refractivity contribution in [3.63, 3.8) is 0 Å². The van der Waals surface area contributed by atoms with Gasteiger partial charge in [-0.3, -0.25) is 9.59 Å². The summed E-state index contributed by atoms with van der Waals surface area (Å²) in [7, 11) is 3.12. The van der Waals surface area contributed by atoms with Crippen molar-refractivity contribution >= 4 is 34.8 Å². The Bertz CT molecular complexity index is 1250. The number of benzene rings is 1. The van der Waals surface area contributed by atoms with Crippen LogP contribution in [0.25, 0.3) is 0 Å². The first kappa shape index (κ1) is 29.3. The monoisotopic (exact) mass is 569 g/mol. The number of hydrogen-bond donors (Lipinski definition) is 0. The number of nitrogens with zero attached hydrogens (tertiary/aromatic N) is 3. The summed E-state index contributed by atoms with van der Waals surface area (Å²) in [4.78, 5) is 47.5. The van der Waals surface area contributed by atoms with E-state index in [0.29, 0.717) is 59.8 Å². The number of piperidine rings is 1. The maximum Gasteiger partial charge on any atom is 0.338 e. The Hall–Kier alpha value is -3.73. The van der Waals surface area contributed by atoms with Gasteiger partial charge in [0.1, 0.15) is 18.1 Å². The van der Waals surface area contributed by atoms with Crippen molar-refractivity contribution in [3.8, 4) is 11.5 Å². The number of ether oxygens (including phenoxy) is 4. The van der Waals surface area contributed by atoms with Gasteiger partial charge in [0.2, 0.25) is 5.91 Å². The maximum atomic E-state index is 13.5. The summed E-state index contributed by atoms with van der Waals surface area (Å²) in [5.41, 5.74) is 2.28. The van der Waals surface area contributed by atoms with Gasteiger partial charge in [-0.1, -0.05) is 24.4 Å². The summed E-state index contributed by atoms with van der Waals surface area (Å²) in [5, 5.41) is 2.54. The molecule has 0 aliphatic carbocycles. The highest BCUT2D eigenvalue weighted by atomic mass is 32.2. The molecule has 0 spiro atoms. The average molecular weight is 570 g/mol. The molecule has 1 fully saturated rings. The lowest BCUT2D eigenvalue weighted by atomic mass is 9.93. The molecule has 1 aromatic rings. The van der Waals surface area contributed by atoms with Gasteiger partial charge < -0.3 is 28.7 Å². The fraction of sp³-hybridized carbons (Fsp3) is 0.448. The SMILES string of the molecule is C=CCOC(=O)C1=C(C)N=C2SC=C(CC(=O)N3CCC[C@@H](C(=O)OCC)C3)N2[C@H]1c1cc(OC)cc(OC)c1. The molecule has 0 N–H and O–H groups in total. The third kappa shape index (κ3) is 6.19. The standard InChI is InChI=1S/C29H35N3O7S/c1-6-11-39-28(35)25-18(3)30-29-32(26(25)20-12-22(36-4)15-23(13-20)37-5)21(17-40-29)14-24(33)31-10-8-9-19(16-31)27(34)38-7-2/h6,12-13,15,17,19,26H,1,7-11,14,16H2,2-5H3/t19-,26+/m1/s1. The molecule has 4 rings (SSSR count). The third-order valence-corrected chi connectivity index (χ3v) is 7.86. The molecule has 1 aromatic carbocycles. The van der Waals surface area contributed by atoms with E-state index in [-0.39, 0.29) is 30.8 Å². The van der Waals surface area contributed by atoms with Crippen LogP contribution in [-0.2, 0) is 23.9 Å². The Morgan fingerprint density at radius 3 is 2.52 bits per heavy atom. The summed E-state index contributed by atoms with van der Waals surface area (Å²) < 4.78 is 21.7. The molecule has 214 valence electrons. The van der Waals surface area contributed by atoms with E-state index < -0.39 is 12.0 Å². The molecule has 1 amide bonds. The quantitative estimate of drug-likeness (QED) is 0.303. The molecule has 0 aromatic heterocycles. The minimum absolute atomic E-state index is 0.0485. The van der Waals surface area contributed by atoms with E-state index in [2.05, 4.69) is 6.58 Å². The number of carbonyl (C=O) groups is 3. The van der Waals surface area contributed by atoms with E-state index in [1.807, 2.05) is 22.4 Å². The number of methoxy groups -OCH3 is 2. The lowest BCUT2D eigenvalue weighted by molar-refractivity contribution is -0.151. The zero-order chi connectivity index (χ0) is 28.8. The minimum Gasteiger partial charge on any atom is -0.497 e. The molecule has 3 heterocycles. The van der Waals surface area contributed by atoms with Gasteiger partial charge in [-0.05, 0) is 49.8 Å². The van der Waals surface area contributed by atoms with Crippen molar-refractivity contribution in [1.82, 2.24) is 9.80 Å². The summed E-state index contributed by atoms with van der Waals surface area (Å²) in [5.74, 6) is -0.112. The molecular weight excluding hydrogens is 534 g/mol. The number of amidine groups is 1. The van der Waals surface area contributed by atoms with Crippen LogP contribution in [0.5, 0.6) is 11.5 Å². The highest BCUT2D eigenvalue weighted by Gasteiger charge is 2.42. The van der Waals surface area contributed by atoms with Crippen molar-refractivity contribution in [1.29, 1.82) is 0 Å². The van der Waals surface area contributed by atoms with Gasteiger partial charge in [0.15, 0.2) is 5.17 Å². The number of amides is 1. The van der Waals surface area contributed by atoms with Crippen molar-refractivity contribution in [2.75, 3.05) is 40.5 Å². The summed E-state index contributed by atoms with van der Waals surface area (Å²) in [6.45, 7) is 8.45. The number of rotatable bonds is 10. The van der Waals surface area contributed by atoms with E-state index in [1.165, 1.54) is 17.8 Å². The Balaban J connectivity index is 1.67. The summed E-state index contributed by atoms with van der Waals surface area (Å²) in [6.07, 6.45) is 3.01. The molecule has 40 heavy (non-hydrogen) atoms. The second-order valence-electron chi connectivity index (χ2n) is 9.53. The van der Waals surface area contributed by atoms with E-state index in [9.17, 15) is 14.4 Å². The smallest absolute Gasteiger partial charge is 0.338 e. The van der Waals surface area contributed by atoms with Crippen LogP contribution in [-0.4, -0.2) is 73.3 Å². The first-order valence-electron chi connectivity index (χ1n) is 13.2. The number of hydrogen-bond acceptors (Lipinski definition) is 10. The van der Waals surface area contributed by atoms with Gasteiger partial charge in [-0.2, -0.15) is 0 Å². The number of likely N-dealkylation sites (tertiary alicyclic amines) is 1. The zero-order valence-electron chi connectivity index (χ0n) is 23.3. The molecule has 2 atom stereocenters. The van der Waals surface area contributed by atoms with Crippen molar-refractivity contribution in [2.24, 2.45) is 10.9 Å². The number of esters is 2. The van der Waals surface area contributed by atoms with Crippen LogP contribution in [0.4, 0.5) is 0 Å². The molecule has 3 aliphatic heterocycles. The molecule has 0 saturated carbocycles. The van der Waals surface area contributed by atoms with Crippen LogP contribution in [0.15, 0.2) is 58.2 Å². The first-order chi connectivity index (χ1) is 19.3. The fourth-order valence-corrected chi connectivity index (χ4v) is 6.03. The van der Waals surface area contributed by atoms with E-state index in [4.69, 9.17) is 23.9 Å².